The van der Waals surface area contributed by atoms with Crippen LogP contribution in [0.15, 0.2) is 36.5 Å². The molecule has 4 rings (SSSR count). The molecule has 1 aliphatic heterocycles. The lowest BCUT2D eigenvalue weighted by Crippen LogP contribution is -2.60. The van der Waals surface area contributed by atoms with E-state index in [1.807, 2.05) is 0 Å². The Morgan fingerprint density at radius 1 is 0.939 bits per heavy atom. The third kappa shape index (κ3) is 5.10. The fraction of sp³-hybridized carbons (Fsp3) is 0.316. The van der Waals surface area contributed by atoms with Gasteiger partial charge in [0.05, 0.1) is 18.7 Å². The molecule has 1 aliphatic rings. The molecule has 0 radical (unpaired) electrons. The van der Waals surface area contributed by atoms with Crippen LogP contribution in [0.25, 0.3) is 11.5 Å². The van der Waals surface area contributed by atoms with Crippen molar-refractivity contribution in [3.8, 4) is 11.5 Å². The minimum Gasteiger partial charge on any atom is -0.386 e. The molecular weight excluding hydrogens is 456 g/mol. The standard InChI is InChI=1S/C19H15F6N7O/c1-17(33)8-32(9-17)16-30-14(11-3-2-4-12(28-11)18(20,21)22)29-15(31-16)27-10-5-6-26-13(7-10)19(23,24)25/h2-7,33H,8-9H2,1H3,(H,26,27,29,30,31). The van der Waals surface area contributed by atoms with Crippen molar-refractivity contribution in [1.29, 1.82) is 0 Å². The number of rotatable bonds is 4. The van der Waals surface area contributed by atoms with Crippen LogP contribution in [-0.2, 0) is 12.4 Å². The molecule has 14 heteroatoms. The molecule has 4 heterocycles. The Balaban J connectivity index is 1.73. The Labute approximate surface area is 182 Å². The highest BCUT2D eigenvalue weighted by Crippen LogP contribution is 2.32. The first-order valence-corrected chi connectivity index (χ1v) is 9.38. The van der Waals surface area contributed by atoms with Gasteiger partial charge in [0.2, 0.25) is 11.9 Å². The molecule has 0 atom stereocenters. The van der Waals surface area contributed by atoms with Crippen molar-refractivity contribution in [2.75, 3.05) is 23.3 Å². The molecule has 0 amide bonds. The van der Waals surface area contributed by atoms with Crippen molar-refractivity contribution in [3.05, 3.63) is 47.9 Å². The number of hydrogen-bond acceptors (Lipinski definition) is 8. The van der Waals surface area contributed by atoms with Crippen LogP contribution < -0.4 is 10.2 Å². The number of alkyl halides is 6. The van der Waals surface area contributed by atoms with E-state index in [1.54, 1.807) is 6.92 Å². The van der Waals surface area contributed by atoms with E-state index >= 15 is 0 Å². The minimum atomic E-state index is -4.70. The molecule has 0 unspecified atom stereocenters. The topological polar surface area (TPSA) is 100.0 Å². The van der Waals surface area contributed by atoms with Gasteiger partial charge in [-0.15, -0.1) is 0 Å². The van der Waals surface area contributed by atoms with E-state index in [1.165, 1.54) is 17.0 Å². The van der Waals surface area contributed by atoms with E-state index in [0.29, 0.717) is 0 Å². The van der Waals surface area contributed by atoms with Gasteiger partial charge in [-0.1, -0.05) is 6.07 Å². The van der Waals surface area contributed by atoms with E-state index in [4.69, 9.17) is 0 Å². The maximum absolute atomic E-state index is 13.1. The van der Waals surface area contributed by atoms with Crippen LogP contribution in [0.4, 0.5) is 43.9 Å². The molecule has 0 aromatic carbocycles. The number of hydrogen-bond donors (Lipinski definition) is 2. The van der Waals surface area contributed by atoms with Crippen molar-refractivity contribution in [2.24, 2.45) is 0 Å². The lowest BCUT2D eigenvalue weighted by atomic mass is 9.98. The molecule has 1 saturated heterocycles. The van der Waals surface area contributed by atoms with Gasteiger partial charge in [-0.3, -0.25) is 4.98 Å². The molecule has 0 spiro atoms. The van der Waals surface area contributed by atoms with Gasteiger partial charge in [-0.05, 0) is 31.2 Å². The fourth-order valence-electron chi connectivity index (χ4n) is 3.10. The van der Waals surface area contributed by atoms with Gasteiger partial charge in [-0.2, -0.15) is 41.3 Å². The van der Waals surface area contributed by atoms with E-state index in [0.717, 1.165) is 24.4 Å². The summed E-state index contributed by atoms with van der Waals surface area (Å²) in [5.41, 5.74) is -3.59. The maximum atomic E-state index is 13.1. The molecule has 3 aromatic heterocycles. The van der Waals surface area contributed by atoms with Gasteiger partial charge in [0.15, 0.2) is 5.82 Å². The van der Waals surface area contributed by atoms with Crippen LogP contribution >= 0.6 is 0 Å². The van der Waals surface area contributed by atoms with Gasteiger partial charge in [0.1, 0.15) is 17.1 Å². The average molecular weight is 471 g/mol. The second-order valence-electron chi connectivity index (χ2n) is 7.59. The predicted molar refractivity (Wildman–Crippen MR) is 103 cm³/mol. The zero-order valence-electron chi connectivity index (χ0n) is 16.8. The van der Waals surface area contributed by atoms with Crippen LogP contribution in [0.5, 0.6) is 0 Å². The highest BCUT2D eigenvalue weighted by atomic mass is 19.4. The zero-order valence-corrected chi connectivity index (χ0v) is 16.8. The summed E-state index contributed by atoms with van der Waals surface area (Å²) in [5.74, 6) is -0.441. The van der Waals surface area contributed by atoms with Gasteiger partial charge in [0.25, 0.3) is 0 Å². The number of nitrogens with one attached hydrogen (secondary N) is 1. The Morgan fingerprint density at radius 2 is 1.64 bits per heavy atom. The summed E-state index contributed by atoms with van der Waals surface area (Å²) in [6, 6.07) is 5.16. The van der Waals surface area contributed by atoms with E-state index in [9.17, 15) is 31.4 Å². The van der Waals surface area contributed by atoms with E-state index in [-0.39, 0.29) is 42.2 Å². The predicted octanol–water partition coefficient (Wildman–Crippen LogP) is 3.68. The second-order valence-corrected chi connectivity index (χ2v) is 7.59. The molecule has 2 N–H and O–H groups in total. The summed E-state index contributed by atoms with van der Waals surface area (Å²) < 4.78 is 78.1. The Kier molecular flexibility index (Phi) is 5.35. The number of pyridine rings is 2. The monoisotopic (exact) mass is 471 g/mol. The number of aromatic nitrogens is 5. The quantitative estimate of drug-likeness (QED) is 0.556. The first-order chi connectivity index (χ1) is 15.3. The second kappa shape index (κ2) is 7.79. The zero-order chi connectivity index (χ0) is 24.0. The lowest BCUT2D eigenvalue weighted by Gasteiger charge is -2.44. The Hall–Kier alpha value is -3.55. The lowest BCUT2D eigenvalue weighted by molar-refractivity contribution is -0.141. The van der Waals surface area contributed by atoms with Gasteiger partial charge in [-0.25, -0.2) is 4.98 Å². The molecule has 1 fully saturated rings. The number of halogens is 6. The number of anilines is 3. The summed E-state index contributed by atoms with van der Waals surface area (Å²) in [7, 11) is 0. The molecular formula is C19H15F6N7O. The number of nitrogens with zero attached hydrogens (tertiary/aromatic N) is 6. The highest BCUT2D eigenvalue weighted by Gasteiger charge is 2.39. The van der Waals surface area contributed by atoms with Crippen LogP contribution in [0.2, 0.25) is 0 Å². The third-order valence-corrected chi connectivity index (χ3v) is 4.54. The van der Waals surface area contributed by atoms with Crippen molar-refractivity contribution in [2.45, 2.75) is 24.9 Å². The first-order valence-electron chi connectivity index (χ1n) is 9.38. The van der Waals surface area contributed by atoms with Crippen LogP contribution in [0, 0.1) is 0 Å². The van der Waals surface area contributed by atoms with E-state index < -0.39 is 29.3 Å². The molecule has 174 valence electrons. The van der Waals surface area contributed by atoms with E-state index in [2.05, 4.69) is 30.2 Å². The van der Waals surface area contributed by atoms with Crippen LogP contribution in [0.1, 0.15) is 18.3 Å². The molecule has 0 saturated carbocycles. The summed E-state index contributed by atoms with van der Waals surface area (Å²) in [6.07, 6.45) is -8.44. The average Bonchev–Trinajstić information content (AvgIpc) is 2.71. The summed E-state index contributed by atoms with van der Waals surface area (Å²) >= 11 is 0. The Morgan fingerprint density at radius 3 is 2.27 bits per heavy atom. The number of β-amino-alcohol motifs (C(OH)–C–C–N with tert-alkyl or cyclic N) is 1. The normalized spacial score (nSPS) is 15.8. The highest BCUT2D eigenvalue weighted by molar-refractivity contribution is 5.60. The van der Waals surface area contributed by atoms with Gasteiger partial charge >= 0.3 is 12.4 Å². The van der Waals surface area contributed by atoms with Crippen molar-refractivity contribution < 1.29 is 31.4 Å². The molecule has 0 aliphatic carbocycles. The van der Waals surface area contributed by atoms with Crippen molar-refractivity contribution in [3.63, 3.8) is 0 Å². The minimum absolute atomic E-state index is 0.0123. The summed E-state index contributed by atoms with van der Waals surface area (Å²) in [4.78, 5) is 20.7. The third-order valence-electron chi connectivity index (χ3n) is 4.54. The SMILES string of the molecule is CC1(O)CN(c2nc(Nc3ccnc(C(F)(F)F)c3)nc(-c3cccc(C(F)(F)F)n3)n2)C1. The molecule has 33 heavy (non-hydrogen) atoms. The first kappa shape index (κ1) is 22.6. The van der Waals surface area contributed by atoms with Gasteiger partial charge < -0.3 is 15.3 Å². The Bertz CT molecular complexity index is 1170. The largest absolute Gasteiger partial charge is 0.433 e. The van der Waals surface area contributed by atoms with Crippen LogP contribution in [-0.4, -0.2) is 48.7 Å². The number of aliphatic hydroxyl groups is 1. The van der Waals surface area contributed by atoms with Crippen LogP contribution in [0.3, 0.4) is 0 Å². The maximum Gasteiger partial charge on any atom is 0.433 e. The fourth-order valence-corrected chi connectivity index (χ4v) is 3.10. The van der Waals surface area contributed by atoms with Gasteiger partial charge in [0, 0.05) is 11.9 Å². The summed E-state index contributed by atoms with van der Waals surface area (Å²) in [6.45, 7) is 1.85. The summed E-state index contributed by atoms with van der Waals surface area (Å²) in [5, 5.41) is 12.6. The van der Waals surface area contributed by atoms with Crippen molar-refractivity contribution >= 4 is 17.6 Å². The molecule has 0 bridgehead atoms. The molecule has 8 nitrogen and oxygen atoms in total. The smallest absolute Gasteiger partial charge is 0.386 e. The van der Waals surface area contributed by atoms with Crippen molar-refractivity contribution in [1.82, 2.24) is 24.9 Å². The molecule has 3 aromatic rings.